The van der Waals surface area contributed by atoms with Gasteiger partial charge in [-0.2, -0.15) is 4.98 Å². The summed E-state index contributed by atoms with van der Waals surface area (Å²) in [5, 5.41) is 4.03. The van der Waals surface area contributed by atoms with Crippen molar-refractivity contribution in [2.24, 2.45) is 0 Å². The number of nitrogens with zero attached hydrogens (tertiary/aromatic N) is 3. The molecule has 0 radical (unpaired) electrons. The molecule has 0 aliphatic carbocycles. The fourth-order valence-electron chi connectivity index (χ4n) is 2.71. The van der Waals surface area contributed by atoms with Gasteiger partial charge in [0.1, 0.15) is 5.82 Å². The number of hydrogen-bond donors (Lipinski definition) is 0. The molecule has 1 aromatic heterocycles. The van der Waals surface area contributed by atoms with Crippen molar-refractivity contribution >= 4 is 0 Å². The van der Waals surface area contributed by atoms with E-state index in [0.717, 1.165) is 17.9 Å². The zero-order valence-corrected chi connectivity index (χ0v) is 13.7. The maximum Gasteiger partial charge on any atom is 0.243 e. The zero-order valence-electron chi connectivity index (χ0n) is 13.7. The summed E-state index contributed by atoms with van der Waals surface area (Å²) in [6, 6.07) is 6.51. The normalized spacial score (nSPS) is 20.8. The summed E-state index contributed by atoms with van der Waals surface area (Å²) < 4.78 is 24.3. The molecular weight excluding hydrogens is 297 g/mol. The number of halogens is 1. The lowest BCUT2D eigenvalue weighted by molar-refractivity contribution is -0.0469. The Bertz CT molecular complexity index is 642. The molecule has 1 aromatic carbocycles. The van der Waals surface area contributed by atoms with Gasteiger partial charge in [-0.05, 0) is 24.6 Å². The van der Waals surface area contributed by atoms with Crippen molar-refractivity contribution in [3.8, 4) is 0 Å². The molecule has 2 atom stereocenters. The lowest BCUT2D eigenvalue weighted by Crippen LogP contribution is -2.40. The van der Waals surface area contributed by atoms with Crippen LogP contribution >= 0.6 is 0 Å². The van der Waals surface area contributed by atoms with E-state index in [-0.39, 0.29) is 23.9 Å². The van der Waals surface area contributed by atoms with Gasteiger partial charge in [0, 0.05) is 19.0 Å². The third-order valence-corrected chi connectivity index (χ3v) is 4.22. The highest BCUT2D eigenvalue weighted by molar-refractivity contribution is 5.19. The Morgan fingerprint density at radius 1 is 1.22 bits per heavy atom. The van der Waals surface area contributed by atoms with Gasteiger partial charge >= 0.3 is 0 Å². The van der Waals surface area contributed by atoms with Crippen molar-refractivity contribution in [2.45, 2.75) is 38.8 Å². The van der Waals surface area contributed by atoms with Crippen LogP contribution in [0.3, 0.4) is 0 Å². The summed E-state index contributed by atoms with van der Waals surface area (Å²) in [7, 11) is 0. The van der Waals surface area contributed by atoms with Gasteiger partial charge in [0.15, 0.2) is 5.82 Å². The van der Waals surface area contributed by atoms with Gasteiger partial charge in [-0.3, -0.25) is 4.90 Å². The second-order valence-electron chi connectivity index (χ2n) is 6.23. The summed E-state index contributed by atoms with van der Waals surface area (Å²) in [5.41, 5.74) is 0.983. The van der Waals surface area contributed by atoms with Crippen molar-refractivity contribution in [2.75, 3.05) is 19.7 Å². The van der Waals surface area contributed by atoms with Crippen LogP contribution in [0, 0.1) is 5.82 Å². The standard InChI is InChI=1S/C17H22FN3O2/c1-11(2)16-19-17(23-20-16)12(3)21-8-9-22-15(10-21)13-4-6-14(18)7-5-13/h4-7,11-12,15H,8-10H2,1-3H3/t12-,15-/m0/s1. The third kappa shape index (κ3) is 3.59. The monoisotopic (exact) mass is 319 g/mol. The Kier molecular flexibility index (Phi) is 4.73. The van der Waals surface area contributed by atoms with Gasteiger partial charge in [0.05, 0.1) is 18.8 Å². The molecule has 0 saturated carbocycles. The van der Waals surface area contributed by atoms with E-state index in [2.05, 4.69) is 22.0 Å². The Morgan fingerprint density at radius 3 is 2.61 bits per heavy atom. The Hall–Kier alpha value is -1.79. The average Bonchev–Trinajstić information content (AvgIpc) is 3.05. The smallest absolute Gasteiger partial charge is 0.243 e. The molecule has 0 N–H and O–H groups in total. The highest BCUT2D eigenvalue weighted by atomic mass is 19.1. The minimum atomic E-state index is -0.234. The minimum Gasteiger partial charge on any atom is -0.371 e. The summed E-state index contributed by atoms with van der Waals surface area (Å²) in [5.74, 6) is 1.38. The number of hydrogen-bond acceptors (Lipinski definition) is 5. The first-order valence-corrected chi connectivity index (χ1v) is 7.99. The molecule has 2 aromatic rings. The van der Waals surface area contributed by atoms with Crippen LogP contribution in [0.4, 0.5) is 4.39 Å². The Balaban J connectivity index is 1.70. The molecular formula is C17H22FN3O2. The molecule has 1 saturated heterocycles. The lowest BCUT2D eigenvalue weighted by atomic mass is 10.1. The number of benzene rings is 1. The first-order valence-electron chi connectivity index (χ1n) is 7.99. The molecule has 0 unspecified atom stereocenters. The van der Waals surface area contributed by atoms with Crippen molar-refractivity contribution in [1.29, 1.82) is 0 Å². The lowest BCUT2D eigenvalue weighted by Gasteiger charge is -2.35. The van der Waals surface area contributed by atoms with Crippen molar-refractivity contribution < 1.29 is 13.7 Å². The van der Waals surface area contributed by atoms with E-state index >= 15 is 0 Å². The quantitative estimate of drug-likeness (QED) is 0.864. The molecule has 0 spiro atoms. The van der Waals surface area contributed by atoms with Crippen molar-refractivity contribution in [3.63, 3.8) is 0 Å². The summed E-state index contributed by atoms with van der Waals surface area (Å²) in [6.07, 6.45) is -0.0701. The van der Waals surface area contributed by atoms with Crippen LogP contribution in [0.2, 0.25) is 0 Å². The highest BCUT2D eigenvalue weighted by Gasteiger charge is 2.29. The predicted molar refractivity (Wildman–Crippen MR) is 83.5 cm³/mol. The third-order valence-electron chi connectivity index (χ3n) is 4.22. The molecule has 1 fully saturated rings. The van der Waals surface area contributed by atoms with Gasteiger partial charge in [0.25, 0.3) is 0 Å². The average molecular weight is 319 g/mol. The van der Waals surface area contributed by atoms with Gasteiger partial charge in [-0.1, -0.05) is 31.1 Å². The van der Waals surface area contributed by atoms with Crippen LogP contribution in [-0.4, -0.2) is 34.7 Å². The molecule has 3 rings (SSSR count). The maximum atomic E-state index is 13.1. The van der Waals surface area contributed by atoms with Crippen LogP contribution < -0.4 is 0 Å². The van der Waals surface area contributed by atoms with Crippen molar-refractivity contribution in [1.82, 2.24) is 15.0 Å². The topological polar surface area (TPSA) is 51.4 Å². The summed E-state index contributed by atoms with van der Waals surface area (Å²) in [4.78, 5) is 6.74. The van der Waals surface area contributed by atoms with Gasteiger partial charge in [-0.25, -0.2) is 4.39 Å². The van der Waals surface area contributed by atoms with Crippen LogP contribution in [-0.2, 0) is 4.74 Å². The van der Waals surface area contributed by atoms with E-state index in [4.69, 9.17) is 9.26 Å². The highest BCUT2D eigenvalue weighted by Crippen LogP contribution is 2.28. The largest absolute Gasteiger partial charge is 0.371 e. The van der Waals surface area contributed by atoms with E-state index < -0.39 is 0 Å². The maximum absolute atomic E-state index is 13.1. The van der Waals surface area contributed by atoms with E-state index in [0.29, 0.717) is 19.0 Å². The summed E-state index contributed by atoms with van der Waals surface area (Å²) >= 11 is 0. The Morgan fingerprint density at radius 2 is 1.96 bits per heavy atom. The molecule has 6 heteroatoms. The number of ether oxygens (including phenoxy) is 1. The van der Waals surface area contributed by atoms with Crippen LogP contribution in [0.25, 0.3) is 0 Å². The van der Waals surface area contributed by atoms with Gasteiger partial charge < -0.3 is 9.26 Å². The van der Waals surface area contributed by atoms with Gasteiger partial charge in [-0.15, -0.1) is 0 Å². The SMILES string of the molecule is CC(C)c1noc([C@H](C)N2CCO[C@H](c3ccc(F)cc3)C2)n1. The van der Waals surface area contributed by atoms with Crippen LogP contribution in [0.15, 0.2) is 28.8 Å². The van der Waals surface area contributed by atoms with E-state index in [1.807, 2.05) is 13.8 Å². The van der Waals surface area contributed by atoms with Crippen LogP contribution in [0.5, 0.6) is 0 Å². The predicted octanol–water partition coefficient (Wildman–Crippen LogP) is 3.47. The molecule has 124 valence electrons. The molecule has 5 nitrogen and oxygen atoms in total. The first kappa shape index (κ1) is 16.1. The first-order chi connectivity index (χ1) is 11.0. The number of aromatic nitrogens is 2. The van der Waals surface area contributed by atoms with Crippen molar-refractivity contribution in [3.05, 3.63) is 47.4 Å². The fourth-order valence-corrected chi connectivity index (χ4v) is 2.71. The molecule has 0 bridgehead atoms. The Labute approximate surface area is 135 Å². The van der Waals surface area contributed by atoms with E-state index in [9.17, 15) is 4.39 Å². The molecule has 1 aliphatic heterocycles. The number of morpholine rings is 1. The second-order valence-corrected chi connectivity index (χ2v) is 6.23. The minimum absolute atomic E-state index is 0.0295. The molecule has 1 aliphatic rings. The van der Waals surface area contributed by atoms with E-state index in [1.165, 1.54) is 12.1 Å². The van der Waals surface area contributed by atoms with Crippen LogP contribution in [0.1, 0.15) is 56.1 Å². The summed E-state index contributed by atoms with van der Waals surface area (Å²) in [6.45, 7) is 8.28. The second kappa shape index (κ2) is 6.76. The van der Waals surface area contributed by atoms with Gasteiger partial charge in [0.2, 0.25) is 5.89 Å². The molecule has 23 heavy (non-hydrogen) atoms. The fraction of sp³-hybridized carbons (Fsp3) is 0.529. The molecule has 2 heterocycles. The van der Waals surface area contributed by atoms with E-state index in [1.54, 1.807) is 12.1 Å². The zero-order chi connectivity index (χ0) is 16.4. The molecule has 0 amide bonds. The number of rotatable bonds is 4.